The van der Waals surface area contributed by atoms with Gasteiger partial charge in [0.1, 0.15) is 5.37 Å². The van der Waals surface area contributed by atoms with Gasteiger partial charge in [-0.3, -0.25) is 9.69 Å². The number of aliphatic hydroxyl groups is 1. The lowest BCUT2D eigenvalue weighted by Gasteiger charge is -2.43. The summed E-state index contributed by atoms with van der Waals surface area (Å²) in [6.45, 7) is 2.21. The number of amides is 1. The second-order valence-electron chi connectivity index (χ2n) is 7.39. The molecule has 1 aromatic heterocycles. The number of aliphatic carboxylic acids is 1. The SMILES string of the molecule is C[C@@H](O)[C@H]1C(=O)N2C(C(=O)O)=C(Sc3ccc(C[n+]4cccc(CC#N)c4)cc3)S[C@H]12. The summed E-state index contributed by atoms with van der Waals surface area (Å²) in [6, 6.07) is 13.8. The Morgan fingerprint density at radius 3 is 2.71 bits per heavy atom. The van der Waals surface area contributed by atoms with Crippen LogP contribution < -0.4 is 4.57 Å². The molecule has 158 valence electrons. The number of fused-ring (bicyclic) bond motifs is 1. The summed E-state index contributed by atoms with van der Waals surface area (Å²) in [6.07, 6.45) is 3.45. The summed E-state index contributed by atoms with van der Waals surface area (Å²) in [5.74, 6) is -2.06. The zero-order valence-electron chi connectivity index (χ0n) is 16.6. The van der Waals surface area contributed by atoms with Crippen molar-refractivity contribution >= 4 is 35.4 Å². The normalized spacial score (nSPS) is 20.8. The summed E-state index contributed by atoms with van der Waals surface area (Å²) in [5.41, 5.74) is 2.03. The molecule has 0 aliphatic carbocycles. The van der Waals surface area contributed by atoms with Crippen LogP contribution in [0.2, 0.25) is 0 Å². The number of nitriles is 1. The predicted octanol–water partition coefficient (Wildman–Crippen LogP) is 2.35. The van der Waals surface area contributed by atoms with Crippen LogP contribution in [0.5, 0.6) is 0 Å². The van der Waals surface area contributed by atoms with E-state index in [0.29, 0.717) is 17.2 Å². The van der Waals surface area contributed by atoms with Gasteiger partial charge in [0.05, 0.1) is 28.7 Å². The first-order valence-electron chi connectivity index (χ1n) is 9.66. The van der Waals surface area contributed by atoms with E-state index in [1.807, 2.05) is 53.4 Å². The molecule has 2 aliphatic rings. The average molecular weight is 455 g/mol. The molecule has 0 unspecified atom stereocenters. The Morgan fingerprint density at radius 1 is 1.32 bits per heavy atom. The molecule has 0 bridgehead atoms. The Hall–Kier alpha value is -2.80. The average Bonchev–Trinajstić information content (AvgIpc) is 3.04. The number of rotatable bonds is 7. The molecule has 1 amide bonds. The van der Waals surface area contributed by atoms with Crippen molar-refractivity contribution in [3.63, 3.8) is 0 Å². The van der Waals surface area contributed by atoms with E-state index in [9.17, 15) is 19.8 Å². The third kappa shape index (κ3) is 4.19. The minimum Gasteiger partial charge on any atom is -0.477 e. The third-order valence-electron chi connectivity index (χ3n) is 5.17. The molecule has 3 heterocycles. The first-order chi connectivity index (χ1) is 14.9. The number of carbonyl (C=O) groups excluding carboxylic acids is 1. The molecule has 0 spiro atoms. The highest BCUT2D eigenvalue weighted by Gasteiger charge is 2.57. The van der Waals surface area contributed by atoms with Crippen molar-refractivity contribution in [1.29, 1.82) is 5.26 Å². The molecule has 7 nitrogen and oxygen atoms in total. The fourth-order valence-corrected chi connectivity index (χ4v) is 6.54. The third-order valence-corrected chi connectivity index (χ3v) is 7.75. The van der Waals surface area contributed by atoms with Crippen LogP contribution in [0.4, 0.5) is 0 Å². The van der Waals surface area contributed by atoms with Crippen molar-refractivity contribution in [1.82, 2.24) is 4.90 Å². The first kappa shape index (κ1) is 21.4. The minimum atomic E-state index is -1.14. The highest BCUT2D eigenvalue weighted by molar-refractivity contribution is 8.22. The highest BCUT2D eigenvalue weighted by Crippen LogP contribution is 2.55. The maximum absolute atomic E-state index is 12.3. The van der Waals surface area contributed by atoms with E-state index >= 15 is 0 Å². The van der Waals surface area contributed by atoms with Crippen molar-refractivity contribution in [3.05, 3.63) is 69.9 Å². The number of hydrogen-bond acceptors (Lipinski definition) is 6. The number of hydrogen-bond donors (Lipinski definition) is 2. The molecule has 9 heteroatoms. The molecule has 31 heavy (non-hydrogen) atoms. The van der Waals surface area contributed by atoms with Gasteiger partial charge in [0.25, 0.3) is 0 Å². The number of carboxylic acid groups (broad SMARTS) is 1. The van der Waals surface area contributed by atoms with E-state index in [1.54, 1.807) is 6.92 Å². The van der Waals surface area contributed by atoms with Crippen LogP contribution >= 0.6 is 23.5 Å². The Balaban J connectivity index is 1.48. The van der Waals surface area contributed by atoms with Gasteiger partial charge in [-0.1, -0.05) is 35.7 Å². The molecular weight excluding hydrogens is 434 g/mol. The number of aromatic nitrogens is 1. The monoisotopic (exact) mass is 454 g/mol. The summed E-state index contributed by atoms with van der Waals surface area (Å²) < 4.78 is 2.57. The van der Waals surface area contributed by atoms with E-state index in [1.165, 1.54) is 28.4 Å². The smallest absolute Gasteiger partial charge is 0.354 e. The molecule has 0 radical (unpaired) electrons. The zero-order valence-corrected chi connectivity index (χ0v) is 18.3. The van der Waals surface area contributed by atoms with Crippen LogP contribution in [0.1, 0.15) is 18.1 Å². The Bertz CT molecular complexity index is 1110. The number of carboxylic acids is 1. The molecule has 4 rings (SSSR count). The topological polar surface area (TPSA) is 106 Å². The molecule has 1 fully saturated rings. The van der Waals surface area contributed by atoms with Crippen LogP contribution in [-0.4, -0.2) is 38.5 Å². The van der Waals surface area contributed by atoms with Gasteiger partial charge in [-0.05, 0) is 25.1 Å². The number of nitrogens with zero attached hydrogens (tertiary/aromatic N) is 3. The van der Waals surface area contributed by atoms with Gasteiger partial charge in [-0.15, -0.1) is 0 Å². The van der Waals surface area contributed by atoms with Crippen LogP contribution in [0.15, 0.2) is 63.6 Å². The van der Waals surface area contributed by atoms with E-state index in [2.05, 4.69) is 6.07 Å². The molecular formula is C22H20N3O4S2+. The van der Waals surface area contributed by atoms with E-state index < -0.39 is 18.0 Å². The Kier molecular flexibility index (Phi) is 6.05. The fourth-order valence-electron chi connectivity index (χ4n) is 3.67. The van der Waals surface area contributed by atoms with Crippen molar-refractivity contribution in [2.24, 2.45) is 5.92 Å². The van der Waals surface area contributed by atoms with Gasteiger partial charge >= 0.3 is 5.97 Å². The standard InChI is InChI=1S/C22H19N3O4S2/c1-13(26)17-19(27)25-18(21(28)29)22(31-20(17)25)30-16-6-4-15(5-7-16)12-24-10-2-3-14(11-24)8-9-23/h2-7,10-11,13,17,20,26H,8,12H2,1H3/p+1/t13-,17+,20-/m1/s1. The number of thioether (sulfide) groups is 2. The van der Waals surface area contributed by atoms with Gasteiger partial charge in [-0.2, -0.15) is 5.26 Å². The lowest BCUT2D eigenvalue weighted by Crippen LogP contribution is -2.60. The molecule has 2 N–H and O–H groups in total. The van der Waals surface area contributed by atoms with Gasteiger partial charge < -0.3 is 10.2 Å². The molecule has 1 saturated heterocycles. The minimum absolute atomic E-state index is 0.00385. The highest BCUT2D eigenvalue weighted by atomic mass is 32.2. The van der Waals surface area contributed by atoms with Crippen molar-refractivity contribution < 1.29 is 24.4 Å². The Morgan fingerprint density at radius 2 is 2.06 bits per heavy atom. The van der Waals surface area contributed by atoms with Crippen LogP contribution in [0.3, 0.4) is 0 Å². The fraction of sp³-hybridized carbons (Fsp3) is 0.273. The van der Waals surface area contributed by atoms with E-state index in [4.69, 9.17) is 5.26 Å². The molecule has 0 saturated carbocycles. The lowest BCUT2D eigenvalue weighted by molar-refractivity contribution is -0.688. The first-order valence-corrected chi connectivity index (χ1v) is 11.4. The van der Waals surface area contributed by atoms with Gasteiger partial charge in [-0.25, -0.2) is 9.36 Å². The summed E-state index contributed by atoms with van der Waals surface area (Å²) in [5, 5.41) is 28.0. The van der Waals surface area contributed by atoms with Gasteiger partial charge in [0.2, 0.25) is 5.91 Å². The second kappa shape index (κ2) is 8.75. The number of β-lactam (4-membered cyclic amide) rings is 1. The largest absolute Gasteiger partial charge is 0.477 e. The number of carbonyl (C=O) groups is 2. The maximum atomic E-state index is 12.3. The number of pyridine rings is 1. The Labute approximate surface area is 188 Å². The molecule has 1 aromatic carbocycles. The van der Waals surface area contributed by atoms with Crippen molar-refractivity contribution in [2.75, 3.05) is 0 Å². The van der Waals surface area contributed by atoms with Gasteiger partial charge in [0.15, 0.2) is 24.6 Å². The predicted molar refractivity (Wildman–Crippen MR) is 115 cm³/mol. The molecule has 2 aromatic rings. The number of aliphatic hydroxyl groups excluding tert-OH is 1. The molecule has 3 atom stereocenters. The second-order valence-corrected chi connectivity index (χ2v) is 9.86. The summed E-state index contributed by atoms with van der Waals surface area (Å²) in [4.78, 5) is 26.2. The van der Waals surface area contributed by atoms with E-state index in [0.717, 1.165) is 16.0 Å². The summed E-state index contributed by atoms with van der Waals surface area (Å²) in [7, 11) is 0. The molecule has 2 aliphatic heterocycles. The van der Waals surface area contributed by atoms with Crippen LogP contribution in [-0.2, 0) is 22.6 Å². The van der Waals surface area contributed by atoms with Crippen LogP contribution in [0, 0.1) is 17.2 Å². The zero-order chi connectivity index (χ0) is 22.1. The maximum Gasteiger partial charge on any atom is 0.354 e. The quantitative estimate of drug-likeness (QED) is 0.489. The summed E-state index contributed by atoms with van der Waals surface area (Å²) >= 11 is 2.64. The van der Waals surface area contributed by atoms with Crippen LogP contribution in [0.25, 0.3) is 0 Å². The van der Waals surface area contributed by atoms with Gasteiger partial charge in [0, 0.05) is 22.1 Å². The van der Waals surface area contributed by atoms with Crippen molar-refractivity contribution in [3.8, 4) is 6.07 Å². The number of benzene rings is 1. The van der Waals surface area contributed by atoms with E-state index in [-0.39, 0.29) is 17.0 Å². The van der Waals surface area contributed by atoms with Crippen molar-refractivity contribution in [2.45, 2.75) is 36.3 Å². The lowest BCUT2D eigenvalue weighted by atomic mass is 9.92.